The fourth-order valence-corrected chi connectivity index (χ4v) is 3.88. The molecule has 3 aromatic rings. The molecular formula is C21H17N5O4S. The van der Waals surface area contributed by atoms with Gasteiger partial charge in [0, 0.05) is 45.7 Å². The van der Waals surface area contributed by atoms with Gasteiger partial charge in [-0.15, -0.1) is 0 Å². The van der Waals surface area contributed by atoms with E-state index in [2.05, 4.69) is 20.6 Å². The number of hydrogen-bond acceptors (Lipinski definition) is 7. The molecule has 1 unspecified atom stereocenters. The lowest BCUT2D eigenvalue weighted by atomic mass is 10.1. The Morgan fingerprint density at radius 3 is 2.61 bits per heavy atom. The molecular weight excluding hydrogens is 418 g/mol. The number of nitrogens with one attached hydrogen (secondary N) is 2. The van der Waals surface area contributed by atoms with E-state index >= 15 is 0 Å². The third-order valence-corrected chi connectivity index (χ3v) is 5.53. The van der Waals surface area contributed by atoms with Crippen molar-refractivity contribution in [3.8, 4) is 5.75 Å². The van der Waals surface area contributed by atoms with Gasteiger partial charge in [0.25, 0.3) is 5.91 Å². The summed E-state index contributed by atoms with van der Waals surface area (Å²) in [5.74, 6) is -0.300. The summed E-state index contributed by atoms with van der Waals surface area (Å²) in [4.78, 5) is 44.5. The van der Waals surface area contributed by atoms with E-state index in [4.69, 9.17) is 10.5 Å². The zero-order valence-corrected chi connectivity index (χ0v) is 16.9. The second-order valence-corrected chi connectivity index (χ2v) is 7.73. The van der Waals surface area contributed by atoms with Gasteiger partial charge in [0.2, 0.25) is 5.91 Å². The predicted molar refractivity (Wildman–Crippen MR) is 111 cm³/mol. The Morgan fingerprint density at radius 2 is 1.90 bits per heavy atom. The molecule has 1 saturated heterocycles. The predicted octanol–water partition coefficient (Wildman–Crippen LogP) is 2.19. The van der Waals surface area contributed by atoms with Crippen LogP contribution in [0.2, 0.25) is 0 Å². The van der Waals surface area contributed by atoms with Crippen molar-refractivity contribution in [3.63, 3.8) is 0 Å². The molecule has 0 aliphatic carbocycles. The fourth-order valence-electron chi connectivity index (χ4n) is 2.94. The van der Waals surface area contributed by atoms with Gasteiger partial charge < -0.3 is 15.8 Å². The van der Waals surface area contributed by atoms with Gasteiger partial charge in [-0.25, -0.2) is 4.79 Å². The van der Waals surface area contributed by atoms with E-state index in [-0.39, 0.29) is 6.61 Å². The van der Waals surface area contributed by atoms with Gasteiger partial charge in [0.05, 0.1) is 5.56 Å². The van der Waals surface area contributed by atoms with Crippen LogP contribution in [0.15, 0.2) is 71.0 Å². The standard InChI is InChI=1S/C21H17N5O4S/c22-19(27)13-7-12(8-24-9-13)11-30-14-1-3-15(4-2-14)31-17-5-6-23-10-16(17)18-20(28)26-21(29)25-18/h1-10,18H,11H2,(H2,22,27)(H2,25,26,28,29). The molecule has 4 amide bonds. The number of carbonyl (C=O) groups excluding carboxylic acids is 3. The molecule has 1 aromatic carbocycles. The molecule has 3 heterocycles. The first-order valence-electron chi connectivity index (χ1n) is 9.19. The Bertz CT molecular complexity index is 1150. The lowest BCUT2D eigenvalue weighted by Gasteiger charge is -2.13. The number of amides is 4. The lowest BCUT2D eigenvalue weighted by Crippen LogP contribution is -2.22. The molecule has 0 radical (unpaired) electrons. The van der Waals surface area contributed by atoms with Gasteiger partial charge >= 0.3 is 6.03 Å². The fraction of sp³-hybridized carbons (Fsp3) is 0.0952. The van der Waals surface area contributed by atoms with Crippen molar-refractivity contribution in [1.29, 1.82) is 0 Å². The highest BCUT2D eigenvalue weighted by molar-refractivity contribution is 7.99. The number of benzene rings is 1. The average molecular weight is 435 g/mol. The van der Waals surface area contributed by atoms with Crippen molar-refractivity contribution in [2.45, 2.75) is 22.4 Å². The topological polar surface area (TPSA) is 136 Å². The van der Waals surface area contributed by atoms with E-state index in [9.17, 15) is 14.4 Å². The Hall–Kier alpha value is -3.92. The summed E-state index contributed by atoms with van der Waals surface area (Å²) in [7, 11) is 0. The van der Waals surface area contributed by atoms with Crippen LogP contribution in [0.1, 0.15) is 27.5 Å². The van der Waals surface area contributed by atoms with Crippen LogP contribution < -0.4 is 21.1 Å². The number of nitrogens with zero attached hydrogens (tertiary/aromatic N) is 2. The normalized spacial score (nSPS) is 15.3. The molecule has 156 valence electrons. The molecule has 4 rings (SSSR count). The molecule has 9 nitrogen and oxygen atoms in total. The Kier molecular flexibility index (Phi) is 5.80. The maximum atomic E-state index is 12.0. The van der Waals surface area contributed by atoms with Crippen LogP contribution in [0.4, 0.5) is 4.79 Å². The number of primary amides is 1. The van der Waals surface area contributed by atoms with E-state index < -0.39 is 23.9 Å². The molecule has 1 atom stereocenters. The minimum absolute atomic E-state index is 0.242. The van der Waals surface area contributed by atoms with Crippen molar-refractivity contribution >= 4 is 29.6 Å². The minimum Gasteiger partial charge on any atom is -0.489 e. The highest BCUT2D eigenvalue weighted by Gasteiger charge is 2.32. The number of rotatable bonds is 7. The molecule has 10 heteroatoms. The van der Waals surface area contributed by atoms with Crippen molar-refractivity contribution in [3.05, 3.63) is 77.9 Å². The second-order valence-electron chi connectivity index (χ2n) is 6.62. The highest BCUT2D eigenvalue weighted by atomic mass is 32.2. The molecule has 1 fully saturated rings. The monoisotopic (exact) mass is 435 g/mol. The number of nitrogens with two attached hydrogens (primary N) is 1. The molecule has 1 aliphatic rings. The zero-order valence-electron chi connectivity index (χ0n) is 16.1. The van der Waals surface area contributed by atoms with Crippen LogP contribution in [-0.4, -0.2) is 27.8 Å². The Balaban J connectivity index is 1.43. The SMILES string of the molecule is NC(=O)c1cncc(COc2ccc(Sc3ccncc3C3NC(=O)NC3=O)cc2)c1. The number of pyridine rings is 2. The van der Waals surface area contributed by atoms with Crippen molar-refractivity contribution in [1.82, 2.24) is 20.6 Å². The Morgan fingerprint density at radius 1 is 1.10 bits per heavy atom. The summed E-state index contributed by atoms with van der Waals surface area (Å²) < 4.78 is 5.75. The van der Waals surface area contributed by atoms with E-state index in [1.165, 1.54) is 18.0 Å². The summed E-state index contributed by atoms with van der Waals surface area (Å²) in [5.41, 5.74) is 6.95. The van der Waals surface area contributed by atoms with Crippen LogP contribution >= 0.6 is 11.8 Å². The number of ether oxygens (including phenoxy) is 1. The van der Waals surface area contributed by atoms with Gasteiger partial charge in [0.15, 0.2) is 0 Å². The summed E-state index contributed by atoms with van der Waals surface area (Å²) in [6.07, 6.45) is 6.22. The molecule has 0 spiro atoms. The van der Waals surface area contributed by atoms with Gasteiger partial charge in [-0.05, 0) is 36.4 Å². The highest BCUT2D eigenvalue weighted by Crippen LogP contribution is 2.34. The maximum absolute atomic E-state index is 12.0. The number of hydrogen-bond donors (Lipinski definition) is 3. The maximum Gasteiger partial charge on any atom is 0.322 e. The first kappa shape index (κ1) is 20.4. The second kappa shape index (κ2) is 8.84. The largest absolute Gasteiger partial charge is 0.489 e. The van der Waals surface area contributed by atoms with Gasteiger partial charge in [-0.3, -0.25) is 24.9 Å². The van der Waals surface area contributed by atoms with Crippen LogP contribution in [-0.2, 0) is 11.4 Å². The molecule has 1 aliphatic heterocycles. The first-order valence-corrected chi connectivity index (χ1v) is 10.0. The van der Waals surface area contributed by atoms with Gasteiger partial charge in [-0.2, -0.15) is 0 Å². The molecule has 0 bridgehead atoms. The summed E-state index contributed by atoms with van der Waals surface area (Å²) in [6.45, 7) is 0.242. The first-order chi connectivity index (χ1) is 15.0. The lowest BCUT2D eigenvalue weighted by molar-refractivity contribution is -0.120. The van der Waals surface area contributed by atoms with Crippen molar-refractivity contribution in [2.75, 3.05) is 0 Å². The Labute approximate surface area is 181 Å². The molecule has 4 N–H and O–H groups in total. The number of urea groups is 1. The van der Waals surface area contributed by atoms with Crippen molar-refractivity contribution in [2.24, 2.45) is 5.73 Å². The van der Waals surface area contributed by atoms with Gasteiger partial charge in [-0.1, -0.05) is 11.8 Å². The third kappa shape index (κ3) is 4.81. The van der Waals surface area contributed by atoms with Crippen molar-refractivity contribution < 1.29 is 19.1 Å². The third-order valence-electron chi connectivity index (χ3n) is 4.43. The van der Waals surface area contributed by atoms with Crippen LogP contribution in [0.25, 0.3) is 0 Å². The molecule has 0 saturated carbocycles. The van der Waals surface area contributed by atoms with Crippen LogP contribution in [0.3, 0.4) is 0 Å². The van der Waals surface area contributed by atoms with E-state index in [0.717, 1.165) is 15.4 Å². The van der Waals surface area contributed by atoms with E-state index in [0.29, 0.717) is 16.9 Å². The summed E-state index contributed by atoms with van der Waals surface area (Å²) in [5, 5.41) is 4.82. The van der Waals surface area contributed by atoms with E-state index in [1.54, 1.807) is 30.7 Å². The van der Waals surface area contributed by atoms with Crippen LogP contribution in [0, 0.1) is 0 Å². The number of aromatic nitrogens is 2. The number of carbonyl (C=O) groups is 3. The zero-order chi connectivity index (χ0) is 21.8. The quantitative estimate of drug-likeness (QED) is 0.484. The summed E-state index contributed by atoms with van der Waals surface area (Å²) in [6, 6.07) is 9.55. The average Bonchev–Trinajstić information content (AvgIpc) is 3.11. The minimum atomic E-state index is -0.768. The molecule has 31 heavy (non-hydrogen) atoms. The molecule has 2 aromatic heterocycles. The van der Waals surface area contributed by atoms with Crippen LogP contribution in [0.5, 0.6) is 5.75 Å². The van der Waals surface area contributed by atoms with Gasteiger partial charge in [0.1, 0.15) is 18.4 Å². The van der Waals surface area contributed by atoms with E-state index in [1.807, 2.05) is 24.3 Å². The summed E-state index contributed by atoms with van der Waals surface area (Å²) >= 11 is 1.44. The number of imide groups is 1. The smallest absolute Gasteiger partial charge is 0.322 e.